The van der Waals surface area contributed by atoms with Gasteiger partial charge in [-0.05, 0) is 36.8 Å². The van der Waals surface area contributed by atoms with Crippen molar-refractivity contribution in [2.45, 2.75) is 6.92 Å². The largest absolute Gasteiger partial charge is 0.368 e. The summed E-state index contributed by atoms with van der Waals surface area (Å²) in [7, 11) is 0. The molecule has 2 heterocycles. The molecular weight excluding hydrogens is 347 g/mol. The van der Waals surface area contributed by atoms with E-state index in [9.17, 15) is 4.79 Å². The average Bonchev–Trinajstić information content (AvgIpc) is 2.56. The van der Waals surface area contributed by atoms with Crippen molar-refractivity contribution >= 4 is 41.4 Å². The fourth-order valence-corrected chi connectivity index (χ4v) is 2.88. The maximum Gasteiger partial charge on any atom is 0.258 e. The van der Waals surface area contributed by atoms with E-state index in [1.807, 2.05) is 25.1 Å². The van der Waals surface area contributed by atoms with Gasteiger partial charge in [0.15, 0.2) is 0 Å². The predicted octanol–water partition coefficient (Wildman–Crippen LogP) is 3.13. The molecular formula is C17H20Cl2N4O. The number of hydrogen-bond donors (Lipinski definition) is 2. The molecule has 1 aliphatic heterocycles. The molecule has 0 aliphatic carbocycles. The number of aromatic nitrogens is 1. The lowest BCUT2D eigenvalue weighted by Gasteiger charge is -2.29. The third kappa shape index (κ3) is 4.38. The second-order valence-electron chi connectivity index (χ2n) is 5.58. The highest BCUT2D eigenvalue weighted by Gasteiger charge is 2.13. The molecule has 1 aliphatic rings. The van der Waals surface area contributed by atoms with Gasteiger partial charge < -0.3 is 15.5 Å². The molecule has 1 aromatic carbocycles. The summed E-state index contributed by atoms with van der Waals surface area (Å²) in [6.07, 6.45) is 1.79. The Balaban J connectivity index is 0.00000208. The summed E-state index contributed by atoms with van der Waals surface area (Å²) in [4.78, 5) is 18.9. The lowest BCUT2D eigenvalue weighted by Crippen LogP contribution is -2.43. The lowest BCUT2D eigenvalue weighted by atomic mass is 10.1. The maximum absolute atomic E-state index is 12.3. The molecule has 24 heavy (non-hydrogen) atoms. The van der Waals surface area contributed by atoms with Crippen LogP contribution >= 0.6 is 24.0 Å². The Morgan fingerprint density at radius 3 is 2.62 bits per heavy atom. The van der Waals surface area contributed by atoms with Crippen LogP contribution in [0.25, 0.3) is 0 Å². The van der Waals surface area contributed by atoms with E-state index in [2.05, 4.69) is 20.5 Å². The Hall–Kier alpha value is -1.82. The van der Waals surface area contributed by atoms with Gasteiger partial charge in [-0.15, -0.1) is 12.4 Å². The van der Waals surface area contributed by atoms with Crippen molar-refractivity contribution in [3.63, 3.8) is 0 Å². The monoisotopic (exact) mass is 366 g/mol. The normalized spacial score (nSPS) is 14.0. The van der Waals surface area contributed by atoms with E-state index in [0.717, 1.165) is 37.4 Å². The van der Waals surface area contributed by atoms with Crippen LogP contribution in [0.5, 0.6) is 0 Å². The van der Waals surface area contributed by atoms with Gasteiger partial charge in [-0.2, -0.15) is 0 Å². The summed E-state index contributed by atoms with van der Waals surface area (Å²) in [6, 6.07) is 9.16. The minimum absolute atomic E-state index is 0. The van der Waals surface area contributed by atoms with E-state index in [-0.39, 0.29) is 18.3 Å². The molecule has 0 saturated carbocycles. The average molecular weight is 367 g/mol. The van der Waals surface area contributed by atoms with Gasteiger partial charge >= 0.3 is 0 Å². The van der Waals surface area contributed by atoms with Crippen molar-refractivity contribution < 1.29 is 4.79 Å². The Labute approximate surface area is 152 Å². The number of carbonyl (C=O) groups is 1. The van der Waals surface area contributed by atoms with E-state index in [1.54, 1.807) is 18.3 Å². The third-order valence-electron chi connectivity index (χ3n) is 3.84. The number of piperazine rings is 1. The van der Waals surface area contributed by atoms with Crippen molar-refractivity contribution in [1.82, 2.24) is 10.3 Å². The van der Waals surface area contributed by atoms with Crippen molar-refractivity contribution in [3.8, 4) is 0 Å². The summed E-state index contributed by atoms with van der Waals surface area (Å²) in [5.74, 6) is 0.267. The minimum atomic E-state index is -0.252. The number of nitrogens with zero attached hydrogens (tertiary/aromatic N) is 2. The van der Waals surface area contributed by atoms with E-state index in [1.165, 1.54) is 0 Å². The second kappa shape index (κ2) is 8.33. The molecule has 0 bridgehead atoms. The first-order valence-electron chi connectivity index (χ1n) is 7.63. The Morgan fingerprint density at radius 1 is 1.25 bits per heavy atom. The molecule has 0 spiro atoms. The van der Waals surface area contributed by atoms with Gasteiger partial charge in [0.05, 0.1) is 22.5 Å². The summed E-state index contributed by atoms with van der Waals surface area (Å²) in [5.41, 5.74) is 2.54. The van der Waals surface area contributed by atoms with Gasteiger partial charge in [-0.3, -0.25) is 4.79 Å². The number of pyridine rings is 1. The van der Waals surface area contributed by atoms with Crippen LogP contribution in [-0.2, 0) is 0 Å². The van der Waals surface area contributed by atoms with E-state index < -0.39 is 0 Å². The van der Waals surface area contributed by atoms with Crippen LogP contribution in [0.3, 0.4) is 0 Å². The lowest BCUT2D eigenvalue weighted by molar-refractivity contribution is 0.102. The highest BCUT2D eigenvalue weighted by atomic mass is 35.5. The molecule has 1 aromatic heterocycles. The first-order chi connectivity index (χ1) is 11.1. The first kappa shape index (κ1) is 18.5. The van der Waals surface area contributed by atoms with Crippen molar-refractivity contribution in [2.75, 3.05) is 36.4 Å². The highest BCUT2D eigenvalue weighted by Crippen LogP contribution is 2.20. The van der Waals surface area contributed by atoms with Gasteiger partial charge in [0, 0.05) is 26.2 Å². The van der Waals surface area contributed by atoms with E-state index >= 15 is 0 Å². The molecule has 0 unspecified atom stereocenters. The third-order valence-corrected chi connectivity index (χ3v) is 4.15. The Bertz CT molecular complexity index is 700. The predicted molar refractivity (Wildman–Crippen MR) is 101 cm³/mol. The summed E-state index contributed by atoms with van der Waals surface area (Å²) >= 11 is 6.12. The molecule has 0 radical (unpaired) electrons. The van der Waals surface area contributed by atoms with Crippen molar-refractivity contribution in [3.05, 3.63) is 52.7 Å². The zero-order valence-corrected chi connectivity index (χ0v) is 15.0. The summed E-state index contributed by atoms with van der Waals surface area (Å²) < 4.78 is 0. The SMILES string of the molecule is Cc1ccc(C(=O)Nc2ccc(N3CCNCC3)cn2)c(Cl)c1.Cl. The molecule has 2 aromatic rings. The molecule has 7 heteroatoms. The summed E-state index contributed by atoms with van der Waals surface area (Å²) in [5, 5.41) is 6.55. The summed E-state index contributed by atoms with van der Waals surface area (Å²) in [6.45, 7) is 5.82. The number of nitrogens with one attached hydrogen (secondary N) is 2. The van der Waals surface area contributed by atoms with Gasteiger partial charge in [-0.1, -0.05) is 17.7 Å². The molecule has 0 atom stereocenters. The van der Waals surface area contributed by atoms with E-state index in [4.69, 9.17) is 11.6 Å². The minimum Gasteiger partial charge on any atom is -0.368 e. The van der Waals surface area contributed by atoms with Crippen LogP contribution in [0.1, 0.15) is 15.9 Å². The second-order valence-corrected chi connectivity index (χ2v) is 5.98. The van der Waals surface area contributed by atoms with E-state index in [0.29, 0.717) is 16.4 Å². The highest BCUT2D eigenvalue weighted by molar-refractivity contribution is 6.34. The number of rotatable bonds is 3. The maximum atomic E-state index is 12.3. The topological polar surface area (TPSA) is 57.3 Å². The number of anilines is 2. The standard InChI is InChI=1S/C17H19ClN4O.ClH/c1-12-2-4-14(15(18)10-12)17(23)21-16-5-3-13(11-20-16)22-8-6-19-7-9-22;/h2-5,10-11,19H,6-9H2,1H3,(H,20,21,23);1H. The Morgan fingerprint density at radius 2 is 2.00 bits per heavy atom. The van der Waals surface area contributed by atoms with Crippen LogP contribution < -0.4 is 15.5 Å². The number of hydrogen-bond acceptors (Lipinski definition) is 4. The number of aryl methyl sites for hydroxylation is 1. The van der Waals surface area contributed by atoms with Crippen molar-refractivity contribution in [2.24, 2.45) is 0 Å². The fourth-order valence-electron chi connectivity index (χ4n) is 2.56. The Kier molecular flexibility index (Phi) is 6.43. The number of amides is 1. The number of halogens is 2. The number of carbonyl (C=O) groups excluding carboxylic acids is 1. The van der Waals surface area contributed by atoms with Gasteiger partial charge in [0.1, 0.15) is 5.82 Å². The molecule has 3 rings (SSSR count). The molecule has 5 nitrogen and oxygen atoms in total. The molecule has 1 saturated heterocycles. The molecule has 2 N–H and O–H groups in total. The van der Waals surface area contributed by atoms with Crippen LogP contribution in [0.4, 0.5) is 11.5 Å². The van der Waals surface area contributed by atoms with Gasteiger partial charge in [0.25, 0.3) is 5.91 Å². The quantitative estimate of drug-likeness (QED) is 0.875. The van der Waals surface area contributed by atoms with Crippen LogP contribution in [0.15, 0.2) is 36.5 Å². The number of benzene rings is 1. The fraction of sp³-hybridized carbons (Fsp3) is 0.294. The zero-order chi connectivity index (χ0) is 16.2. The van der Waals surface area contributed by atoms with Crippen LogP contribution in [-0.4, -0.2) is 37.1 Å². The molecule has 1 amide bonds. The molecule has 128 valence electrons. The zero-order valence-electron chi connectivity index (χ0n) is 13.4. The van der Waals surface area contributed by atoms with Crippen molar-refractivity contribution in [1.29, 1.82) is 0 Å². The smallest absolute Gasteiger partial charge is 0.258 e. The van der Waals surface area contributed by atoms with Gasteiger partial charge in [0.2, 0.25) is 0 Å². The first-order valence-corrected chi connectivity index (χ1v) is 8.00. The van der Waals surface area contributed by atoms with Crippen LogP contribution in [0.2, 0.25) is 5.02 Å². The van der Waals surface area contributed by atoms with Crippen LogP contribution in [0, 0.1) is 6.92 Å². The van der Waals surface area contributed by atoms with Gasteiger partial charge in [-0.25, -0.2) is 4.98 Å². The molecule has 1 fully saturated rings.